The highest BCUT2D eigenvalue weighted by Crippen LogP contribution is 2.44. The lowest BCUT2D eigenvalue weighted by Gasteiger charge is -2.16. The molecule has 0 radical (unpaired) electrons. The van der Waals surface area contributed by atoms with Crippen molar-refractivity contribution < 1.29 is 9.15 Å². The predicted molar refractivity (Wildman–Crippen MR) is 227 cm³/mol. The number of nitrogens with zero attached hydrogens (tertiary/aromatic N) is 1. The normalized spacial score (nSPS) is 12.0. The van der Waals surface area contributed by atoms with E-state index in [-0.39, 0.29) is 0 Å². The van der Waals surface area contributed by atoms with E-state index in [4.69, 9.17) is 9.15 Å². The van der Waals surface area contributed by atoms with Crippen LogP contribution in [0.5, 0.6) is 11.5 Å². The lowest BCUT2D eigenvalue weighted by molar-refractivity contribution is 0.479. The Morgan fingerprint density at radius 3 is 1.74 bits per heavy atom. The molecule has 3 heteroatoms. The minimum absolute atomic E-state index is 0.739. The van der Waals surface area contributed by atoms with Crippen LogP contribution < -0.4 is 4.74 Å². The molecule has 0 bridgehead atoms. The van der Waals surface area contributed by atoms with Gasteiger partial charge in [-0.05, 0) is 121 Å². The van der Waals surface area contributed by atoms with Crippen LogP contribution in [0.1, 0.15) is 23.8 Å². The van der Waals surface area contributed by atoms with Gasteiger partial charge >= 0.3 is 0 Å². The number of furan rings is 1. The van der Waals surface area contributed by atoms with Gasteiger partial charge in [0.1, 0.15) is 22.8 Å². The number of hydrogen-bond acceptors (Lipinski definition) is 2. The average Bonchev–Trinajstić information content (AvgIpc) is 3.79. The lowest BCUT2D eigenvalue weighted by atomic mass is 9.92. The maximum absolute atomic E-state index is 6.86. The molecule has 0 spiro atoms. The zero-order valence-electron chi connectivity index (χ0n) is 30.6. The number of para-hydroxylation sites is 2. The van der Waals surface area contributed by atoms with E-state index in [0.717, 1.165) is 72.9 Å². The molecule has 0 fully saturated rings. The maximum atomic E-state index is 6.86. The molecule has 7 aromatic carbocycles. The molecule has 0 saturated carbocycles. The molecule has 0 saturated heterocycles. The van der Waals surface area contributed by atoms with Crippen LogP contribution in [-0.2, 0) is 0 Å². The van der Waals surface area contributed by atoms with E-state index in [1.807, 2.05) is 0 Å². The summed E-state index contributed by atoms with van der Waals surface area (Å²) >= 11 is 0. The third-order valence-corrected chi connectivity index (χ3v) is 10.2. The van der Waals surface area contributed by atoms with Crippen molar-refractivity contribution in [2.45, 2.75) is 20.8 Å². The number of aryl methyl sites for hydroxylation is 2. The fraction of sp³-hybridized carbons (Fsp3) is 0.0588. The van der Waals surface area contributed by atoms with Crippen LogP contribution in [0.15, 0.2) is 180 Å². The third kappa shape index (κ3) is 6.10. The van der Waals surface area contributed by atoms with Crippen molar-refractivity contribution in [2.24, 2.45) is 0 Å². The van der Waals surface area contributed by atoms with Crippen molar-refractivity contribution in [3.05, 3.63) is 193 Å². The van der Waals surface area contributed by atoms with E-state index in [1.54, 1.807) is 0 Å². The zero-order valence-corrected chi connectivity index (χ0v) is 30.6. The minimum atomic E-state index is 0.739. The third-order valence-electron chi connectivity index (χ3n) is 10.2. The fourth-order valence-electron chi connectivity index (χ4n) is 7.61. The van der Waals surface area contributed by atoms with Crippen molar-refractivity contribution in [3.63, 3.8) is 0 Å². The summed E-state index contributed by atoms with van der Waals surface area (Å²) in [5, 5.41) is 3.47. The number of fused-ring (bicyclic) bond motifs is 4. The molecule has 3 nitrogen and oxygen atoms in total. The molecular weight excluding hydrogens is 659 g/mol. The smallest absolute Gasteiger partial charge is 0.146 e. The van der Waals surface area contributed by atoms with Gasteiger partial charge in [0.05, 0.1) is 16.6 Å². The first-order valence-electron chi connectivity index (χ1n) is 18.4. The summed E-state index contributed by atoms with van der Waals surface area (Å²) in [6.45, 7) is 6.28. The van der Waals surface area contributed by atoms with Crippen LogP contribution >= 0.6 is 0 Å². The van der Waals surface area contributed by atoms with Gasteiger partial charge in [0.25, 0.3) is 0 Å². The van der Waals surface area contributed by atoms with E-state index < -0.39 is 0 Å². The Kier molecular flexibility index (Phi) is 8.53. The largest absolute Gasteiger partial charge is 0.456 e. The number of benzene rings is 7. The number of hydrogen-bond donors (Lipinski definition) is 0. The van der Waals surface area contributed by atoms with Crippen molar-refractivity contribution in [3.8, 4) is 44.9 Å². The molecule has 0 aliphatic heterocycles. The van der Waals surface area contributed by atoms with Crippen molar-refractivity contribution in [1.82, 2.24) is 4.57 Å². The van der Waals surface area contributed by atoms with Gasteiger partial charge in [0, 0.05) is 21.9 Å². The van der Waals surface area contributed by atoms with Gasteiger partial charge in [-0.2, -0.15) is 0 Å². The Bertz CT molecular complexity index is 2760. The molecule has 0 unspecified atom stereocenters. The fourth-order valence-corrected chi connectivity index (χ4v) is 7.61. The van der Waals surface area contributed by atoms with Gasteiger partial charge in [-0.25, -0.2) is 0 Å². The highest BCUT2D eigenvalue weighted by molar-refractivity contribution is 6.10. The number of ether oxygens (including phenoxy) is 1. The number of aromatic nitrogens is 1. The first-order chi connectivity index (χ1) is 26.5. The first kappa shape index (κ1) is 33.0. The van der Waals surface area contributed by atoms with Crippen LogP contribution in [0, 0.1) is 13.8 Å². The first-order valence-corrected chi connectivity index (χ1v) is 18.4. The summed E-state index contributed by atoms with van der Waals surface area (Å²) in [4.78, 5) is 0. The molecule has 260 valence electrons. The van der Waals surface area contributed by atoms with Gasteiger partial charge in [0.15, 0.2) is 0 Å². The van der Waals surface area contributed by atoms with Gasteiger partial charge in [-0.1, -0.05) is 121 Å². The van der Waals surface area contributed by atoms with E-state index in [0.29, 0.717) is 0 Å². The highest BCUT2D eigenvalue weighted by Gasteiger charge is 2.20. The van der Waals surface area contributed by atoms with Crippen LogP contribution in [0.3, 0.4) is 0 Å². The summed E-state index contributed by atoms with van der Waals surface area (Å²) in [5.74, 6) is 2.32. The topological polar surface area (TPSA) is 27.3 Å². The molecule has 2 aromatic heterocycles. The maximum Gasteiger partial charge on any atom is 0.146 e. The van der Waals surface area contributed by atoms with Crippen LogP contribution in [-0.4, -0.2) is 4.57 Å². The van der Waals surface area contributed by atoms with Crippen LogP contribution in [0.25, 0.3) is 77.9 Å². The molecule has 0 aliphatic rings. The van der Waals surface area contributed by atoms with E-state index in [1.165, 1.54) is 27.4 Å². The van der Waals surface area contributed by atoms with Gasteiger partial charge in [-0.15, -0.1) is 0 Å². The Morgan fingerprint density at radius 2 is 1.13 bits per heavy atom. The van der Waals surface area contributed by atoms with Crippen molar-refractivity contribution >= 4 is 44.5 Å². The summed E-state index contributed by atoms with van der Waals surface area (Å²) in [7, 11) is 0. The van der Waals surface area contributed by atoms with E-state index in [2.05, 4.69) is 207 Å². The molecule has 9 aromatic rings. The second-order valence-corrected chi connectivity index (χ2v) is 13.8. The van der Waals surface area contributed by atoms with Crippen LogP contribution in [0.4, 0.5) is 0 Å². The quantitative estimate of drug-likeness (QED) is 0.148. The summed E-state index contributed by atoms with van der Waals surface area (Å²) in [6.07, 6.45) is 6.37. The second kappa shape index (κ2) is 13.9. The minimum Gasteiger partial charge on any atom is -0.456 e. The zero-order chi connectivity index (χ0) is 36.6. The molecule has 54 heavy (non-hydrogen) atoms. The van der Waals surface area contributed by atoms with Gasteiger partial charge in [-0.3, -0.25) is 0 Å². The van der Waals surface area contributed by atoms with Gasteiger partial charge in [0.2, 0.25) is 0 Å². The lowest BCUT2D eigenvalue weighted by Crippen LogP contribution is -1.93. The summed E-state index contributed by atoms with van der Waals surface area (Å²) in [6, 6.07) is 57.6. The molecule has 0 aliphatic carbocycles. The SMILES string of the molecule is C/C=C(\C=C/c1cc2ccc(Oc3ccc(C)cc3C)c(-c3cc(-c4ccccc4)cc(-c4ccccc4)c3)c2o1)n1c2ccccc2c2ccccc21. The van der Waals surface area contributed by atoms with Gasteiger partial charge < -0.3 is 13.7 Å². The molecular formula is C51H39NO2. The predicted octanol–water partition coefficient (Wildman–Crippen LogP) is 14.5. The summed E-state index contributed by atoms with van der Waals surface area (Å²) < 4.78 is 16.0. The second-order valence-electron chi connectivity index (χ2n) is 13.8. The monoisotopic (exact) mass is 697 g/mol. The van der Waals surface area contributed by atoms with Crippen LogP contribution in [0.2, 0.25) is 0 Å². The molecule has 2 heterocycles. The molecule has 0 N–H and O–H groups in total. The van der Waals surface area contributed by atoms with E-state index >= 15 is 0 Å². The molecule has 0 amide bonds. The number of allylic oxidation sites excluding steroid dienone is 3. The Labute approximate surface area is 315 Å². The van der Waals surface area contributed by atoms with E-state index in [9.17, 15) is 0 Å². The molecule has 9 rings (SSSR count). The Balaban J connectivity index is 1.22. The number of rotatable bonds is 8. The Hall–Kier alpha value is -6.84. The average molecular weight is 698 g/mol. The Morgan fingerprint density at radius 1 is 0.556 bits per heavy atom. The molecule has 0 atom stereocenters. The highest BCUT2D eigenvalue weighted by atomic mass is 16.5. The standard InChI is InChI=1S/C51H39NO2/c1-4-42(52-46-21-13-11-19-44(46)45-20-12-14-22-47(45)52)25-26-43-33-38-24-28-49(54-48-27-23-34(2)29-35(48)3)50(51(38)53-43)41-31-39(36-15-7-5-8-16-36)30-40(32-41)37-17-9-6-10-18-37/h4-33H,1-3H3/b26-25-,42-4+. The van der Waals surface area contributed by atoms with Crippen molar-refractivity contribution in [2.75, 3.05) is 0 Å². The summed E-state index contributed by atoms with van der Waals surface area (Å²) in [5.41, 5.74) is 12.9. The van der Waals surface area contributed by atoms with Crippen molar-refractivity contribution in [1.29, 1.82) is 0 Å².